The van der Waals surface area contributed by atoms with Gasteiger partial charge in [-0.25, -0.2) is 9.50 Å². The second-order valence-electron chi connectivity index (χ2n) is 7.67. The van der Waals surface area contributed by atoms with Gasteiger partial charge in [-0.1, -0.05) is 0 Å². The number of halogens is 3. The van der Waals surface area contributed by atoms with Crippen LogP contribution < -0.4 is 5.32 Å². The highest BCUT2D eigenvalue weighted by Crippen LogP contribution is 2.33. The molecule has 0 aromatic carbocycles. The van der Waals surface area contributed by atoms with Crippen LogP contribution in [0.5, 0.6) is 0 Å². The first-order valence-corrected chi connectivity index (χ1v) is 10.0. The van der Waals surface area contributed by atoms with E-state index in [1.807, 2.05) is 6.92 Å². The van der Waals surface area contributed by atoms with Gasteiger partial charge in [0.2, 0.25) is 0 Å². The average Bonchev–Trinajstić information content (AvgIpc) is 3.38. The number of hydrogen-bond donors (Lipinski definition) is 1. The van der Waals surface area contributed by atoms with E-state index in [0.29, 0.717) is 35.4 Å². The highest BCUT2D eigenvalue weighted by molar-refractivity contribution is 5.99. The maximum absolute atomic E-state index is 13.0. The van der Waals surface area contributed by atoms with Crippen LogP contribution in [0.1, 0.15) is 46.3 Å². The minimum atomic E-state index is -4.54. The van der Waals surface area contributed by atoms with E-state index in [1.165, 1.54) is 16.8 Å². The number of nitrogens with one attached hydrogen (secondary N) is 1. The molecule has 0 saturated heterocycles. The Kier molecular flexibility index (Phi) is 4.68. The zero-order chi connectivity index (χ0) is 22.5. The van der Waals surface area contributed by atoms with Gasteiger partial charge in [0.1, 0.15) is 11.3 Å². The molecule has 4 aromatic heterocycles. The average molecular weight is 441 g/mol. The molecular formula is C21H18F3N7O. The molecule has 32 heavy (non-hydrogen) atoms. The summed E-state index contributed by atoms with van der Waals surface area (Å²) < 4.78 is 42.4. The monoisotopic (exact) mass is 441 g/mol. The van der Waals surface area contributed by atoms with Crippen molar-refractivity contribution in [3.05, 3.63) is 65.5 Å². The van der Waals surface area contributed by atoms with Crippen LogP contribution >= 0.6 is 0 Å². The number of fused-ring (bicyclic) bond motifs is 2. The van der Waals surface area contributed by atoms with Crippen molar-refractivity contribution < 1.29 is 18.0 Å². The summed E-state index contributed by atoms with van der Waals surface area (Å²) in [6.07, 6.45) is 1.25. The molecule has 8 nitrogen and oxygen atoms in total. The van der Waals surface area contributed by atoms with E-state index in [-0.39, 0.29) is 11.9 Å². The van der Waals surface area contributed by atoms with E-state index in [1.54, 1.807) is 23.0 Å². The molecule has 0 unspecified atom stereocenters. The lowest BCUT2D eigenvalue weighted by Gasteiger charge is -2.24. The molecule has 1 aliphatic rings. The Morgan fingerprint density at radius 1 is 1.25 bits per heavy atom. The predicted octanol–water partition coefficient (Wildman–Crippen LogP) is 3.58. The van der Waals surface area contributed by atoms with Crippen molar-refractivity contribution in [1.82, 2.24) is 34.7 Å². The lowest BCUT2D eigenvalue weighted by molar-refractivity contribution is -0.141. The zero-order valence-corrected chi connectivity index (χ0v) is 17.0. The van der Waals surface area contributed by atoms with Crippen LogP contribution in [0.2, 0.25) is 0 Å². The first-order chi connectivity index (χ1) is 15.3. The van der Waals surface area contributed by atoms with Gasteiger partial charge in [0.05, 0.1) is 23.6 Å². The maximum atomic E-state index is 13.0. The molecule has 0 bridgehead atoms. The molecule has 1 amide bonds. The second-order valence-corrected chi connectivity index (χ2v) is 7.67. The number of carbonyl (C=O) groups is 1. The van der Waals surface area contributed by atoms with Gasteiger partial charge in [-0.05, 0) is 44.0 Å². The third-order valence-electron chi connectivity index (χ3n) is 5.44. The van der Waals surface area contributed by atoms with Crippen LogP contribution in [0.4, 0.5) is 13.2 Å². The number of aromatic nitrogens is 6. The summed E-state index contributed by atoms with van der Waals surface area (Å²) in [6, 6.07) is 5.66. The summed E-state index contributed by atoms with van der Waals surface area (Å²) in [5.74, 6) is -0.317. The van der Waals surface area contributed by atoms with Gasteiger partial charge in [0, 0.05) is 30.2 Å². The predicted molar refractivity (Wildman–Crippen MR) is 108 cm³/mol. The lowest BCUT2D eigenvalue weighted by atomic mass is 10.0. The van der Waals surface area contributed by atoms with E-state index in [2.05, 4.69) is 25.5 Å². The zero-order valence-electron chi connectivity index (χ0n) is 17.0. The summed E-state index contributed by atoms with van der Waals surface area (Å²) >= 11 is 0. The van der Waals surface area contributed by atoms with Crippen LogP contribution in [0.25, 0.3) is 16.9 Å². The van der Waals surface area contributed by atoms with Gasteiger partial charge in [-0.3, -0.25) is 14.5 Å². The second kappa shape index (κ2) is 7.43. The van der Waals surface area contributed by atoms with Crippen LogP contribution in [-0.4, -0.2) is 35.3 Å². The van der Waals surface area contributed by atoms with E-state index in [0.717, 1.165) is 30.1 Å². The van der Waals surface area contributed by atoms with Crippen LogP contribution in [0.3, 0.4) is 0 Å². The van der Waals surface area contributed by atoms with Crippen LogP contribution in [-0.2, 0) is 12.7 Å². The van der Waals surface area contributed by atoms with E-state index in [9.17, 15) is 18.0 Å². The molecule has 0 aliphatic carbocycles. The van der Waals surface area contributed by atoms with Crippen LogP contribution in [0, 0.1) is 6.92 Å². The van der Waals surface area contributed by atoms with Crippen LogP contribution in [0.15, 0.2) is 42.9 Å². The largest absolute Gasteiger partial charge is 0.433 e. The topological polar surface area (TPSA) is 90.0 Å². The number of hydrogen-bond acceptors (Lipinski definition) is 5. The molecule has 164 valence electrons. The number of amides is 1. The van der Waals surface area contributed by atoms with Crippen molar-refractivity contribution in [2.24, 2.45) is 0 Å². The minimum Gasteiger partial charge on any atom is -0.344 e. The molecule has 5 rings (SSSR count). The first-order valence-electron chi connectivity index (χ1n) is 10.0. The van der Waals surface area contributed by atoms with Crippen molar-refractivity contribution in [2.75, 3.05) is 0 Å². The Labute approximate surface area is 180 Å². The highest BCUT2D eigenvalue weighted by Gasteiger charge is 2.33. The van der Waals surface area contributed by atoms with Crippen molar-refractivity contribution in [3.63, 3.8) is 0 Å². The number of pyridine rings is 1. The molecule has 1 N–H and O–H groups in total. The standard InChI is InChI=1S/C21H18F3N7O/c1-12-5-8-31-19(27-12)14(11-26-31)20(32)28-15-3-2-7-30-17(15)10-16(29-30)13-4-6-25-18(9-13)21(22,23)24/h4-6,8-11,15H,2-3,7H2,1H3,(H,28,32)/t15-/m1/s1. The third-order valence-corrected chi connectivity index (χ3v) is 5.44. The summed E-state index contributed by atoms with van der Waals surface area (Å²) in [5.41, 5.74) is 2.08. The molecule has 1 atom stereocenters. The van der Waals surface area contributed by atoms with Gasteiger partial charge in [-0.15, -0.1) is 0 Å². The first kappa shape index (κ1) is 20.2. The number of carbonyl (C=O) groups excluding carboxylic acids is 1. The summed E-state index contributed by atoms with van der Waals surface area (Å²) in [6.45, 7) is 2.45. The molecular weight excluding hydrogens is 423 g/mol. The quantitative estimate of drug-likeness (QED) is 0.525. The molecule has 0 spiro atoms. The highest BCUT2D eigenvalue weighted by atomic mass is 19.4. The Balaban J connectivity index is 1.44. The summed E-state index contributed by atoms with van der Waals surface area (Å²) in [7, 11) is 0. The van der Waals surface area contributed by atoms with Crippen molar-refractivity contribution >= 4 is 11.6 Å². The van der Waals surface area contributed by atoms with Crippen molar-refractivity contribution in [2.45, 2.75) is 38.5 Å². The number of nitrogens with zero attached hydrogens (tertiary/aromatic N) is 6. The Bertz CT molecular complexity index is 1320. The molecule has 0 saturated carbocycles. The number of aryl methyl sites for hydroxylation is 2. The van der Waals surface area contributed by atoms with E-state index in [4.69, 9.17) is 0 Å². The Morgan fingerprint density at radius 3 is 2.91 bits per heavy atom. The normalized spacial score (nSPS) is 16.2. The fraction of sp³-hybridized carbons (Fsp3) is 0.286. The summed E-state index contributed by atoms with van der Waals surface area (Å²) in [5, 5.41) is 11.6. The van der Waals surface area contributed by atoms with E-state index < -0.39 is 11.9 Å². The van der Waals surface area contributed by atoms with Crippen molar-refractivity contribution in [3.8, 4) is 11.3 Å². The Morgan fingerprint density at radius 2 is 2.09 bits per heavy atom. The smallest absolute Gasteiger partial charge is 0.344 e. The molecule has 4 aromatic rings. The third kappa shape index (κ3) is 3.59. The molecule has 5 heterocycles. The fourth-order valence-electron chi connectivity index (χ4n) is 3.87. The fourth-order valence-corrected chi connectivity index (χ4v) is 3.87. The molecule has 0 fully saturated rings. The molecule has 0 radical (unpaired) electrons. The minimum absolute atomic E-state index is 0.317. The lowest BCUT2D eigenvalue weighted by Crippen LogP contribution is -2.32. The van der Waals surface area contributed by atoms with Gasteiger partial charge in [0.15, 0.2) is 5.65 Å². The van der Waals surface area contributed by atoms with Gasteiger partial charge < -0.3 is 5.32 Å². The maximum Gasteiger partial charge on any atom is 0.433 e. The molecule has 1 aliphatic heterocycles. The Hall–Kier alpha value is -3.76. The van der Waals surface area contributed by atoms with Crippen molar-refractivity contribution in [1.29, 1.82) is 0 Å². The van der Waals surface area contributed by atoms with Gasteiger partial charge in [0.25, 0.3) is 5.91 Å². The SMILES string of the molecule is Cc1ccn2ncc(C(=O)N[C@@H]3CCCn4nc(-c5ccnc(C(F)(F)F)c5)cc43)c2n1. The number of alkyl halides is 3. The summed E-state index contributed by atoms with van der Waals surface area (Å²) in [4.78, 5) is 20.8. The number of rotatable bonds is 3. The van der Waals surface area contributed by atoms with Gasteiger partial charge >= 0.3 is 6.18 Å². The van der Waals surface area contributed by atoms with Gasteiger partial charge in [-0.2, -0.15) is 23.4 Å². The van der Waals surface area contributed by atoms with E-state index >= 15 is 0 Å². The molecule has 11 heteroatoms.